The molecule has 48 heavy (non-hydrogen) atoms. The van der Waals surface area contributed by atoms with E-state index < -0.39 is 42.0 Å². The van der Waals surface area contributed by atoms with Gasteiger partial charge in [-0.15, -0.1) is 0 Å². The van der Waals surface area contributed by atoms with Crippen LogP contribution in [-0.4, -0.2) is 72.0 Å². The van der Waals surface area contributed by atoms with E-state index in [9.17, 15) is 18.7 Å². The lowest BCUT2D eigenvalue weighted by Gasteiger charge is -2.37. The highest BCUT2D eigenvalue weighted by Gasteiger charge is 2.46. The van der Waals surface area contributed by atoms with E-state index in [2.05, 4.69) is 15.0 Å². The van der Waals surface area contributed by atoms with Crippen molar-refractivity contribution in [2.24, 2.45) is 5.92 Å². The molecule has 5 aromatic rings. The van der Waals surface area contributed by atoms with E-state index in [0.717, 1.165) is 11.3 Å². The number of alkyl halides is 3. The summed E-state index contributed by atoms with van der Waals surface area (Å²) in [6.45, 7) is 2.14. The molecule has 7 rings (SSSR count). The predicted octanol–water partition coefficient (Wildman–Crippen LogP) is 6.77. The number of anilines is 2. The van der Waals surface area contributed by atoms with Crippen LogP contribution in [0.4, 0.5) is 24.7 Å². The molecule has 1 N–H and O–H groups in total. The summed E-state index contributed by atoms with van der Waals surface area (Å²) in [6, 6.07) is 15.2. The lowest BCUT2D eigenvalue weighted by Crippen LogP contribution is -2.38. The van der Waals surface area contributed by atoms with Crippen LogP contribution in [0.5, 0.6) is 5.88 Å². The van der Waals surface area contributed by atoms with Crippen molar-refractivity contribution in [2.45, 2.75) is 44.0 Å². The van der Waals surface area contributed by atoms with Crippen molar-refractivity contribution in [1.82, 2.24) is 15.0 Å². The average Bonchev–Trinajstić information content (AvgIpc) is 3.68. The van der Waals surface area contributed by atoms with Gasteiger partial charge in [-0.1, -0.05) is 31.2 Å². The second kappa shape index (κ2) is 12.3. The van der Waals surface area contributed by atoms with Gasteiger partial charge in [-0.05, 0) is 35.9 Å². The number of hydrogen-bond acceptors (Lipinski definition) is 9. The van der Waals surface area contributed by atoms with Gasteiger partial charge in [0.1, 0.15) is 28.9 Å². The van der Waals surface area contributed by atoms with E-state index in [0.29, 0.717) is 16.5 Å². The number of ether oxygens (including phenoxy) is 2. The molecule has 0 spiro atoms. The highest BCUT2D eigenvalue weighted by atomic mass is 19.3. The Balaban J connectivity index is 1.28. The van der Waals surface area contributed by atoms with Gasteiger partial charge in [0.25, 0.3) is 6.43 Å². The molecule has 2 aliphatic heterocycles. The van der Waals surface area contributed by atoms with Crippen LogP contribution >= 0.6 is 0 Å². The number of rotatable bonds is 8. The minimum absolute atomic E-state index is 0.0413. The largest absolute Gasteiger partial charge is 0.480 e. The smallest absolute Gasteiger partial charge is 0.326 e. The van der Waals surface area contributed by atoms with Crippen LogP contribution in [0.15, 0.2) is 65.2 Å². The Labute approximate surface area is 274 Å². The summed E-state index contributed by atoms with van der Waals surface area (Å²) in [5.74, 6) is -2.50. The number of halogens is 3. The zero-order valence-electron chi connectivity index (χ0n) is 26.6. The second-order valence-corrected chi connectivity index (χ2v) is 12.6. The normalized spacial score (nSPS) is 22.9. The molecule has 13 heteroatoms. The minimum Gasteiger partial charge on any atom is -0.480 e. The molecule has 2 fully saturated rings. The maximum absolute atomic E-state index is 17.1. The third-order valence-electron chi connectivity index (χ3n) is 9.27. The molecule has 3 aromatic heterocycles. The number of carbonyl (C=O) groups is 1. The molecule has 2 saturated heterocycles. The summed E-state index contributed by atoms with van der Waals surface area (Å²) >= 11 is 0. The number of aromatic nitrogens is 3. The summed E-state index contributed by atoms with van der Waals surface area (Å²) in [5, 5.41) is 10.8. The predicted molar refractivity (Wildman–Crippen MR) is 173 cm³/mol. The number of carboxylic acid groups (broad SMARTS) is 1. The molecule has 10 nitrogen and oxygen atoms in total. The first kappa shape index (κ1) is 31.7. The van der Waals surface area contributed by atoms with Crippen LogP contribution in [0, 0.1) is 5.92 Å². The molecule has 250 valence electrons. The van der Waals surface area contributed by atoms with Crippen LogP contribution in [0.3, 0.4) is 0 Å². The van der Waals surface area contributed by atoms with Crippen LogP contribution in [0.2, 0.25) is 0 Å². The van der Waals surface area contributed by atoms with Crippen molar-refractivity contribution >= 4 is 39.5 Å². The van der Waals surface area contributed by atoms with Crippen molar-refractivity contribution in [3.8, 4) is 17.0 Å². The third kappa shape index (κ3) is 5.55. The highest BCUT2D eigenvalue weighted by molar-refractivity contribution is 6.06. The molecule has 5 heterocycles. The minimum atomic E-state index is -3.01. The van der Waals surface area contributed by atoms with Crippen LogP contribution in [0.1, 0.15) is 37.6 Å². The van der Waals surface area contributed by atoms with Crippen molar-refractivity contribution in [2.75, 3.05) is 43.7 Å². The Bertz CT molecular complexity index is 2000. The Kier molecular flexibility index (Phi) is 8.10. The van der Waals surface area contributed by atoms with Crippen LogP contribution < -0.4 is 14.5 Å². The molecule has 0 bridgehead atoms. The summed E-state index contributed by atoms with van der Waals surface area (Å²) < 4.78 is 63.0. The summed E-state index contributed by atoms with van der Waals surface area (Å²) in [4.78, 5) is 28.7. The maximum atomic E-state index is 17.1. The lowest BCUT2D eigenvalue weighted by molar-refractivity contribution is -0.138. The van der Waals surface area contributed by atoms with Gasteiger partial charge >= 0.3 is 5.97 Å². The standard InChI is InChI=1S/C35H34F3N5O5/c1-19-18-46-12-11-35(19,38)25-14-21(20-7-6-8-22(13-20)42(2)3)16-39-33(25)47-23-15-26(34(44)45)43(17-23)32-29-28(40-31(41-32)30(36)37)24-9-4-5-10-27(24)48-29/h4-10,13-14,16,19,23,26,30H,11-12,15,17-18H2,1-3H3,(H,44,45)/t19-,23-,26-,35+/m0/s1. The SMILES string of the molecule is C[C@H]1COCC[C@]1(F)c1cc(-c2cccc(N(C)C)c2)cnc1O[C@H]1C[C@@H](C(=O)O)N(c2nc(C(F)F)nc3c2oc2ccccc23)C1. The van der Waals surface area contributed by atoms with E-state index in [4.69, 9.17) is 13.9 Å². The van der Waals surface area contributed by atoms with E-state index in [1.807, 2.05) is 43.3 Å². The molecule has 0 aliphatic carbocycles. The fourth-order valence-corrected chi connectivity index (χ4v) is 6.62. The van der Waals surface area contributed by atoms with Gasteiger partial charge in [0.2, 0.25) is 5.88 Å². The van der Waals surface area contributed by atoms with Crippen LogP contribution in [0.25, 0.3) is 33.2 Å². The third-order valence-corrected chi connectivity index (χ3v) is 9.27. The number of pyridine rings is 1. The maximum Gasteiger partial charge on any atom is 0.326 e. The Morgan fingerprint density at radius 3 is 2.69 bits per heavy atom. The van der Waals surface area contributed by atoms with E-state index in [1.54, 1.807) is 43.5 Å². The molecule has 0 amide bonds. The van der Waals surface area contributed by atoms with Gasteiger partial charge in [-0.25, -0.2) is 32.9 Å². The topological polar surface area (TPSA) is 114 Å². The Morgan fingerprint density at radius 1 is 1.12 bits per heavy atom. The summed E-state index contributed by atoms with van der Waals surface area (Å²) in [7, 11) is 3.87. The molecule has 2 aromatic carbocycles. The van der Waals surface area contributed by atoms with Crippen LogP contribution in [-0.2, 0) is 15.2 Å². The quantitative estimate of drug-likeness (QED) is 0.191. The highest BCUT2D eigenvalue weighted by Crippen LogP contribution is 2.46. The lowest BCUT2D eigenvalue weighted by atomic mass is 9.80. The van der Waals surface area contributed by atoms with Gasteiger partial charge in [-0.3, -0.25) is 0 Å². The molecule has 2 aliphatic rings. The number of benzene rings is 2. The van der Waals surface area contributed by atoms with Gasteiger partial charge in [0, 0.05) is 62.3 Å². The number of para-hydroxylation sites is 1. The van der Waals surface area contributed by atoms with Gasteiger partial charge in [-0.2, -0.15) is 0 Å². The van der Waals surface area contributed by atoms with E-state index in [-0.39, 0.29) is 61.0 Å². The molecule has 4 atom stereocenters. The molecule has 0 radical (unpaired) electrons. The second-order valence-electron chi connectivity index (χ2n) is 12.6. The number of hydrogen-bond donors (Lipinski definition) is 1. The zero-order chi connectivity index (χ0) is 33.7. The van der Waals surface area contributed by atoms with Gasteiger partial charge in [0.15, 0.2) is 17.2 Å². The number of nitrogens with zero attached hydrogens (tertiary/aromatic N) is 5. The Hall–Kier alpha value is -4.91. The number of carboxylic acids is 1. The monoisotopic (exact) mass is 661 g/mol. The summed E-state index contributed by atoms with van der Waals surface area (Å²) in [5.41, 5.74) is 1.57. The molecular formula is C35H34F3N5O5. The zero-order valence-corrected chi connectivity index (χ0v) is 26.6. The summed E-state index contributed by atoms with van der Waals surface area (Å²) in [6.07, 6.45) is -2.16. The molecule has 0 saturated carbocycles. The first-order valence-corrected chi connectivity index (χ1v) is 15.7. The van der Waals surface area contributed by atoms with Crippen molar-refractivity contribution in [3.05, 3.63) is 72.2 Å². The van der Waals surface area contributed by atoms with E-state index >= 15 is 4.39 Å². The molecular weight excluding hydrogens is 627 g/mol. The van der Waals surface area contributed by atoms with Crippen molar-refractivity contribution in [3.63, 3.8) is 0 Å². The first-order chi connectivity index (χ1) is 23.0. The fourth-order valence-electron chi connectivity index (χ4n) is 6.62. The Morgan fingerprint density at radius 2 is 1.94 bits per heavy atom. The number of furan rings is 1. The number of fused-ring (bicyclic) bond motifs is 3. The van der Waals surface area contributed by atoms with Gasteiger partial charge in [0.05, 0.1) is 18.7 Å². The van der Waals surface area contributed by atoms with E-state index in [1.165, 1.54) is 4.90 Å². The van der Waals surface area contributed by atoms with Crippen molar-refractivity contribution < 1.29 is 37.0 Å². The average molecular weight is 662 g/mol. The number of aliphatic carboxylic acids is 1. The fraction of sp³-hybridized carbons (Fsp3) is 0.371. The molecule has 0 unspecified atom stereocenters. The van der Waals surface area contributed by atoms with Crippen molar-refractivity contribution in [1.29, 1.82) is 0 Å². The first-order valence-electron chi connectivity index (χ1n) is 15.7. The van der Waals surface area contributed by atoms with Gasteiger partial charge < -0.3 is 28.8 Å².